The molecule has 1 saturated heterocycles. The van der Waals surface area contributed by atoms with Gasteiger partial charge in [-0.15, -0.1) is 11.3 Å². The van der Waals surface area contributed by atoms with Gasteiger partial charge in [-0.3, -0.25) is 14.5 Å². The van der Waals surface area contributed by atoms with E-state index in [4.69, 9.17) is 11.6 Å². The van der Waals surface area contributed by atoms with Gasteiger partial charge in [0.25, 0.3) is 5.91 Å². The number of amides is 2. The minimum atomic E-state index is -0.325. The van der Waals surface area contributed by atoms with Crippen molar-refractivity contribution in [2.75, 3.05) is 32.7 Å². The fraction of sp³-hybridized carbons (Fsp3) is 0.250. The molecule has 2 heterocycles. The van der Waals surface area contributed by atoms with E-state index in [1.807, 2.05) is 22.4 Å². The van der Waals surface area contributed by atoms with Crippen LogP contribution in [0.2, 0.25) is 5.02 Å². The topological polar surface area (TPSA) is 52.7 Å². The van der Waals surface area contributed by atoms with Crippen molar-refractivity contribution in [3.63, 3.8) is 0 Å². The van der Waals surface area contributed by atoms with E-state index in [-0.39, 0.29) is 30.2 Å². The van der Waals surface area contributed by atoms with Crippen molar-refractivity contribution in [3.8, 4) is 0 Å². The fourth-order valence-electron chi connectivity index (χ4n) is 3.75. The van der Waals surface area contributed by atoms with Crippen LogP contribution in [0.4, 0.5) is 4.39 Å². The number of nitrogens with zero attached hydrogens (tertiary/aromatic N) is 2. The summed E-state index contributed by atoms with van der Waals surface area (Å²) in [6.45, 7) is 2.55. The number of benzene rings is 2. The van der Waals surface area contributed by atoms with E-state index in [0.29, 0.717) is 36.8 Å². The summed E-state index contributed by atoms with van der Waals surface area (Å²) >= 11 is 7.54. The van der Waals surface area contributed by atoms with Crippen molar-refractivity contribution >= 4 is 34.8 Å². The summed E-state index contributed by atoms with van der Waals surface area (Å²) in [5.74, 6) is -0.469. The fourth-order valence-corrected chi connectivity index (χ4v) is 4.75. The van der Waals surface area contributed by atoms with Crippen LogP contribution in [0.5, 0.6) is 0 Å². The number of rotatable bonds is 6. The third-order valence-electron chi connectivity index (χ3n) is 5.43. The van der Waals surface area contributed by atoms with Crippen LogP contribution in [-0.4, -0.2) is 54.3 Å². The molecular weight excluding hydrogens is 449 g/mol. The lowest BCUT2D eigenvalue weighted by molar-refractivity contribution is -0.123. The predicted molar refractivity (Wildman–Crippen MR) is 125 cm³/mol. The molecule has 1 fully saturated rings. The third kappa shape index (κ3) is 5.54. The highest BCUT2D eigenvalue weighted by Crippen LogP contribution is 2.26. The number of carbonyl (C=O) groups is 2. The quantitative estimate of drug-likeness (QED) is 0.586. The largest absolute Gasteiger partial charge is 0.343 e. The highest BCUT2D eigenvalue weighted by atomic mass is 35.5. The van der Waals surface area contributed by atoms with Crippen LogP contribution in [0, 0.1) is 5.82 Å². The molecule has 4 rings (SSSR count). The molecule has 2 amide bonds. The molecule has 1 aromatic heterocycles. The Balaban J connectivity index is 1.34. The maximum Gasteiger partial charge on any atom is 0.253 e. The summed E-state index contributed by atoms with van der Waals surface area (Å²) in [5.41, 5.74) is 1.40. The van der Waals surface area contributed by atoms with Crippen LogP contribution in [0.1, 0.15) is 26.8 Å². The molecule has 1 unspecified atom stereocenters. The molecule has 1 aliphatic rings. The van der Waals surface area contributed by atoms with E-state index in [2.05, 4.69) is 5.32 Å². The molecule has 5 nitrogen and oxygen atoms in total. The van der Waals surface area contributed by atoms with Gasteiger partial charge in [0, 0.05) is 41.6 Å². The van der Waals surface area contributed by atoms with Crippen molar-refractivity contribution < 1.29 is 14.0 Å². The Labute approximate surface area is 195 Å². The molecule has 0 aliphatic carbocycles. The van der Waals surface area contributed by atoms with Gasteiger partial charge in [0.15, 0.2) is 0 Å². The van der Waals surface area contributed by atoms with Crippen molar-refractivity contribution in [2.45, 2.75) is 6.04 Å². The summed E-state index contributed by atoms with van der Waals surface area (Å²) in [6, 6.07) is 16.7. The second-order valence-corrected chi connectivity index (χ2v) is 9.06. The van der Waals surface area contributed by atoms with Gasteiger partial charge in [-0.05, 0) is 47.3 Å². The maximum absolute atomic E-state index is 13.4. The predicted octanol–water partition coefficient (Wildman–Crippen LogP) is 4.20. The normalized spacial score (nSPS) is 15.4. The zero-order chi connectivity index (χ0) is 22.5. The molecule has 32 heavy (non-hydrogen) atoms. The first-order valence-electron chi connectivity index (χ1n) is 10.3. The van der Waals surface area contributed by atoms with Crippen molar-refractivity contribution in [1.82, 2.24) is 15.1 Å². The first-order valence-corrected chi connectivity index (χ1v) is 11.6. The average molecular weight is 472 g/mol. The van der Waals surface area contributed by atoms with E-state index in [0.717, 1.165) is 10.4 Å². The first-order chi connectivity index (χ1) is 15.5. The monoisotopic (exact) mass is 471 g/mol. The summed E-state index contributed by atoms with van der Waals surface area (Å²) in [7, 11) is 0. The Kier molecular flexibility index (Phi) is 7.19. The molecule has 1 N–H and O–H groups in total. The van der Waals surface area contributed by atoms with Gasteiger partial charge in [-0.2, -0.15) is 0 Å². The van der Waals surface area contributed by atoms with Crippen LogP contribution in [0.3, 0.4) is 0 Å². The van der Waals surface area contributed by atoms with E-state index in [9.17, 15) is 14.0 Å². The lowest BCUT2D eigenvalue weighted by Gasteiger charge is -2.34. The zero-order valence-electron chi connectivity index (χ0n) is 17.3. The Morgan fingerprint density at radius 3 is 2.44 bits per heavy atom. The van der Waals surface area contributed by atoms with Crippen molar-refractivity contribution in [3.05, 3.63) is 92.9 Å². The molecule has 166 valence electrons. The number of thiophene rings is 1. The first kappa shape index (κ1) is 22.5. The molecular formula is C24H23ClFN3O2S. The Morgan fingerprint density at radius 2 is 1.78 bits per heavy atom. The van der Waals surface area contributed by atoms with Crippen LogP contribution in [-0.2, 0) is 4.79 Å². The Morgan fingerprint density at radius 1 is 1.03 bits per heavy atom. The van der Waals surface area contributed by atoms with E-state index in [1.165, 1.54) is 12.1 Å². The molecule has 0 spiro atoms. The number of hydrogen-bond acceptors (Lipinski definition) is 4. The highest BCUT2D eigenvalue weighted by molar-refractivity contribution is 7.10. The lowest BCUT2D eigenvalue weighted by atomic mass is 10.1. The van der Waals surface area contributed by atoms with Crippen molar-refractivity contribution in [1.29, 1.82) is 0 Å². The molecule has 1 aliphatic heterocycles. The second-order valence-electron chi connectivity index (χ2n) is 7.65. The minimum Gasteiger partial charge on any atom is -0.343 e. The number of carbonyl (C=O) groups excluding carboxylic acids is 2. The van der Waals surface area contributed by atoms with Gasteiger partial charge in [0.2, 0.25) is 5.91 Å². The zero-order valence-corrected chi connectivity index (χ0v) is 18.9. The smallest absolute Gasteiger partial charge is 0.253 e. The lowest BCUT2D eigenvalue weighted by Crippen LogP contribution is -2.51. The maximum atomic E-state index is 13.4. The van der Waals surface area contributed by atoms with Gasteiger partial charge in [-0.1, -0.05) is 35.9 Å². The summed E-state index contributed by atoms with van der Waals surface area (Å²) in [6.07, 6.45) is 0. The van der Waals surface area contributed by atoms with Gasteiger partial charge in [-0.25, -0.2) is 4.39 Å². The van der Waals surface area contributed by atoms with Gasteiger partial charge in [0.05, 0.1) is 12.6 Å². The number of piperazine rings is 1. The van der Waals surface area contributed by atoms with Crippen molar-refractivity contribution in [2.24, 2.45) is 0 Å². The van der Waals surface area contributed by atoms with Crippen LogP contribution >= 0.6 is 22.9 Å². The Bertz CT molecular complexity index is 1070. The molecule has 3 aromatic rings. The molecule has 8 heteroatoms. The second kappa shape index (κ2) is 10.3. The number of halogens is 2. The Hall–Kier alpha value is -2.74. The van der Waals surface area contributed by atoms with Crippen LogP contribution in [0.25, 0.3) is 0 Å². The molecule has 0 bridgehead atoms. The molecule has 1 atom stereocenters. The minimum absolute atomic E-state index is 0.0503. The molecule has 0 saturated carbocycles. The van der Waals surface area contributed by atoms with E-state index < -0.39 is 0 Å². The average Bonchev–Trinajstić information content (AvgIpc) is 3.33. The molecule has 0 radical (unpaired) electrons. The summed E-state index contributed by atoms with van der Waals surface area (Å²) < 4.78 is 13.4. The van der Waals surface area contributed by atoms with Gasteiger partial charge >= 0.3 is 0 Å². The standard InChI is InChI=1S/C24H23ClFN3O2S/c25-19-4-1-3-18(15-19)24(31)29-12-10-28(11-13-29)16-22(30)27-23(21-5-2-14-32-21)17-6-8-20(26)9-7-17/h1-9,14-15,23H,10-13,16H2,(H,27,30). The third-order valence-corrected chi connectivity index (χ3v) is 6.61. The highest BCUT2D eigenvalue weighted by Gasteiger charge is 2.25. The summed E-state index contributed by atoms with van der Waals surface area (Å²) in [5, 5.41) is 5.57. The van der Waals surface area contributed by atoms with E-state index in [1.54, 1.807) is 52.6 Å². The van der Waals surface area contributed by atoms with Gasteiger partial charge < -0.3 is 10.2 Å². The number of hydrogen-bond donors (Lipinski definition) is 1. The summed E-state index contributed by atoms with van der Waals surface area (Å²) in [4.78, 5) is 30.3. The molecule has 2 aromatic carbocycles. The van der Waals surface area contributed by atoms with Crippen LogP contribution in [0.15, 0.2) is 66.0 Å². The van der Waals surface area contributed by atoms with Gasteiger partial charge in [0.1, 0.15) is 5.82 Å². The number of nitrogens with one attached hydrogen (secondary N) is 1. The van der Waals surface area contributed by atoms with Crippen LogP contribution < -0.4 is 5.32 Å². The van der Waals surface area contributed by atoms with E-state index >= 15 is 0 Å². The SMILES string of the molecule is O=C(CN1CCN(C(=O)c2cccc(Cl)c2)CC1)NC(c1ccc(F)cc1)c1cccs1.